The van der Waals surface area contributed by atoms with Crippen molar-refractivity contribution < 1.29 is 87.1 Å². The summed E-state index contributed by atoms with van der Waals surface area (Å²) in [5.41, 5.74) is -5.53. The first kappa shape index (κ1) is 58.0. The van der Waals surface area contributed by atoms with Crippen LogP contribution in [0.25, 0.3) is 0 Å². The molecule has 0 radical (unpaired) electrons. The zero-order chi connectivity index (χ0) is 51.7. The first-order valence-corrected chi connectivity index (χ1v) is 22.8. The Balaban J connectivity index is 2.10. The summed E-state index contributed by atoms with van der Waals surface area (Å²) in [4.78, 5) is 78.1. The SMILES string of the molecule is CN(C(=O)OC(C)(C)C)C1C(O)C(OC2C(NC(=O)C(O)CCNC(=O)OC(C)(C)C)CC(NC(=O)OC(C)(C)C)C(OC3OC(CNC=O)CCC3NC(=O)OC(C)(C)C)C2O)OCC1(C)O. The van der Waals surface area contributed by atoms with Gasteiger partial charge in [0.1, 0.15) is 58.5 Å². The van der Waals surface area contributed by atoms with Crippen LogP contribution in [0.15, 0.2) is 0 Å². The number of aliphatic hydroxyl groups excluding tert-OH is 3. The first-order valence-electron chi connectivity index (χ1n) is 22.8. The number of ether oxygens (including phenoxy) is 8. The van der Waals surface area contributed by atoms with E-state index in [1.165, 1.54) is 14.0 Å². The van der Waals surface area contributed by atoms with Crippen LogP contribution in [0.4, 0.5) is 19.2 Å². The third-order valence-corrected chi connectivity index (χ3v) is 10.4. The van der Waals surface area contributed by atoms with Gasteiger partial charge in [0.25, 0.3) is 0 Å². The molecule has 68 heavy (non-hydrogen) atoms. The lowest BCUT2D eigenvalue weighted by atomic mass is 9.82. The van der Waals surface area contributed by atoms with E-state index >= 15 is 0 Å². The van der Waals surface area contributed by atoms with Crippen LogP contribution in [0.5, 0.6) is 0 Å². The van der Waals surface area contributed by atoms with E-state index in [9.17, 15) is 49.2 Å². The molecule has 3 aliphatic rings. The van der Waals surface area contributed by atoms with Crippen molar-refractivity contribution in [3.63, 3.8) is 0 Å². The second-order valence-corrected chi connectivity index (χ2v) is 21.6. The molecule has 392 valence electrons. The lowest BCUT2D eigenvalue weighted by molar-refractivity contribution is -0.314. The van der Waals surface area contributed by atoms with Gasteiger partial charge in [-0.05, 0) is 116 Å². The van der Waals surface area contributed by atoms with Gasteiger partial charge in [0, 0.05) is 20.1 Å². The van der Waals surface area contributed by atoms with E-state index in [0.29, 0.717) is 12.8 Å². The zero-order valence-corrected chi connectivity index (χ0v) is 41.9. The number of amides is 6. The molecule has 1 saturated carbocycles. The van der Waals surface area contributed by atoms with Gasteiger partial charge >= 0.3 is 24.4 Å². The fourth-order valence-electron chi connectivity index (χ4n) is 7.72. The maximum atomic E-state index is 13.8. The summed E-state index contributed by atoms with van der Waals surface area (Å²) in [7, 11) is 1.30. The van der Waals surface area contributed by atoms with Crippen LogP contribution >= 0.6 is 0 Å². The molecular formula is C44H78N6O18. The summed E-state index contributed by atoms with van der Waals surface area (Å²) >= 11 is 0. The molecule has 0 spiro atoms. The van der Waals surface area contributed by atoms with Gasteiger partial charge in [-0.1, -0.05) is 0 Å². The lowest BCUT2D eigenvalue weighted by Crippen LogP contribution is -2.71. The highest BCUT2D eigenvalue weighted by atomic mass is 16.7. The van der Waals surface area contributed by atoms with Gasteiger partial charge in [0.15, 0.2) is 12.6 Å². The molecule has 0 aromatic carbocycles. The molecule has 0 bridgehead atoms. The number of likely N-dealkylation sites (N-methyl/N-ethyl adjacent to an activating group) is 1. The Kier molecular flexibility index (Phi) is 20.1. The number of carbonyl (C=O) groups is 6. The molecule has 3 rings (SSSR count). The number of hydrogen-bond acceptors (Lipinski definition) is 18. The minimum Gasteiger partial charge on any atom is -0.444 e. The molecule has 6 amide bonds. The molecule has 9 N–H and O–H groups in total. The largest absolute Gasteiger partial charge is 0.444 e. The van der Waals surface area contributed by atoms with Crippen LogP contribution in [0.2, 0.25) is 0 Å². The lowest BCUT2D eigenvalue weighted by Gasteiger charge is -2.51. The topological polar surface area (TPSA) is 321 Å². The number of alkyl carbamates (subject to hydrolysis) is 3. The molecule has 0 aromatic rings. The summed E-state index contributed by atoms with van der Waals surface area (Å²) in [6.07, 6.45) is -15.5. The van der Waals surface area contributed by atoms with Crippen LogP contribution in [-0.4, -0.2) is 190 Å². The van der Waals surface area contributed by atoms with Crippen molar-refractivity contribution in [2.24, 2.45) is 0 Å². The Morgan fingerprint density at radius 3 is 1.76 bits per heavy atom. The van der Waals surface area contributed by atoms with E-state index < -0.39 is 138 Å². The van der Waals surface area contributed by atoms with Crippen LogP contribution in [0.3, 0.4) is 0 Å². The Bertz CT molecular complexity index is 1710. The Morgan fingerprint density at radius 1 is 0.735 bits per heavy atom. The van der Waals surface area contributed by atoms with Crippen LogP contribution in [0, 0.1) is 0 Å². The predicted octanol–water partition coefficient (Wildman–Crippen LogP) is 1.02. The standard InChI is InChI=1S/C44H78N6O18/c1-40(2,3)65-36(56)46-18-17-27(52)33(55)47-25-19-26(49-38(58)67-42(7,8)9)31(63-34-24(48-37(57)66-41(4,5)6)16-15-23(62-34)20-45-22-51)28(53)30(25)64-35-29(54)32(44(13,60)21-61-35)50(14)39(59)68-43(10,11)12/h22-32,34-35,52-54,60H,15-21H2,1-14H3,(H,45,51)(H,46,56)(H,47,55)(H,48,57)(H,49,58). The fraction of sp³-hybridized carbons (Fsp3) is 0.864. The summed E-state index contributed by atoms with van der Waals surface area (Å²) in [6.45, 7) is 20.5. The van der Waals surface area contributed by atoms with Crippen molar-refractivity contribution >= 4 is 36.7 Å². The molecule has 2 heterocycles. The van der Waals surface area contributed by atoms with Crippen LogP contribution < -0.4 is 26.6 Å². The molecule has 1 aliphatic carbocycles. The predicted molar refractivity (Wildman–Crippen MR) is 240 cm³/mol. The zero-order valence-electron chi connectivity index (χ0n) is 41.9. The molecule has 2 aliphatic heterocycles. The Labute approximate surface area is 398 Å². The van der Waals surface area contributed by atoms with E-state index in [4.69, 9.17) is 37.9 Å². The van der Waals surface area contributed by atoms with Gasteiger partial charge in [-0.2, -0.15) is 0 Å². The second-order valence-electron chi connectivity index (χ2n) is 21.6. The van der Waals surface area contributed by atoms with Gasteiger partial charge in [-0.25, -0.2) is 19.2 Å². The molecule has 24 heteroatoms. The van der Waals surface area contributed by atoms with Crippen molar-refractivity contribution in [3.8, 4) is 0 Å². The molecule has 0 aromatic heterocycles. The van der Waals surface area contributed by atoms with Crippen LogP contribution in [-0.2, 0) is 47.5 Å². The minimum absolute atomic E-state index is 0.0460. The van der Waals surface area contributed by atoms with Gasteiger partial charge in [0.05, 0.1) is 36.9 Å². The normalized spacial score (nSPS) is 30.6. The third-order valence-electron chi connectivity index (χ3n) is 10.4. The van der Waals surface area contributed by atoms with Gasteiger partial charge < -0.3 is 89.8 Å². The average Bonchev–Trinajstić information content (AvgIpc) is 3.15. The van der Waals surface area contributed by atoms with Crippen molar-refractivity contribution in [2.75, 3.05) is 26.7 Å². The fourth-order valence-corrected chi connectivity index (χ4v) is 7.72. The quantitative estimate of drug-likeness (QED) is 0.0817. The monoisotopic (exact) mass is 979 g/mol. The van der Waals surface area contributed by atoms with Gasteiger partial charge in [0.2, 0.25) is 12.3 Å². The van der Waals surface area contributed by atoms with Gasteiger partial charge in [-0.15, -0.1) is 0 Å². The van der Waals surface area contributed by atoms with Crippen molar-refractivity contribution in [1.29, 1.82) is 0 Å². The van der Waals surface area contributed by atoms with Crippen LogP contribution in [0.1, 0.15) is 116 Å². The summed E-state index contributed by atoms with van der Waals surface area (Å²) < 4.78 is 46.7. The summed E-state index contributed by atoms with van der Waals surface area (Å²) in [6, 6.07) is -4.97. The van der Waals surface area contributed by atoms with E-state index in [1.54, 1.807) is 83.1 Å². The van der Waals surface area contributed by atoms with E-state index in [2.05, 4.69) is 26.6 Å². The maximum absolute atomic E-state index is 13.8. The van der Waals surface area contributed by atoms with Gasteiger partial charge in [-0.3, -0.25) is 9.59 Å². The smallest absolute Gasteiger partial charge is 0.410 e. The maximum Gasteiger partial charge on any atom is 0.410 e. The number of carbonyl (C=O) groups excluding carboxylic acids is 6. The molecule has 13 unspecified atom stereocenters. The van der Waals surface area contributed by atoms with Crippen molar-refractivity contribution in [3.05, 3.63) is 0 Å². The molecule has 24 nitrogen and oxygen atoms in total. The Morgan fingerprint density at radius 2 is 1.24 bits per heavy atom. The molecule has 2 saturated heterocycles. The number of nitrogens with one attached hydrogen (secondary N) is 5. The number of aliphatic hydroxyl groups is 4. The highest BCUT2D eigenvalue weighted by Crippen LogP contribution is 2.35. The first-order chi connectivity index (χ1) is 31.1. The highest BCUT2D eigenvalue weighted by molar-refractivity contribution is 5.81. The minimum atomic E-state index is -1.90. The molecular weight excluding hydrogens is 901 g/mol. The van der Waals surface area contributed by atoms with E-state index in [0.717, 1.165) is 4.90 Å². The molecule has 13 atom stereocenters. The third kappa shape index (κ3) is 18.6. The van der Waals surface area contributed by atoms with Crippen molar-refractivity contribution in [2.45, 2.75) is 217 Å². The van der Waals surface area contributed by atoms with E-state index in [1.807, 2.05) is 0 Å². The summed E-state index contributed by atoms with van der Waals surface area (Å²) in [5.74, 6) is -0.990. The van der Waals surface area contributed by atoms with Crippen molar-refractivity contribution in [1.82, 2.24) is 31.5 Å². The number of hydrogen-bond donors (Lipinski definition) is 9. The number of nitrogens with zero attached hydrogens (tertiary/aromatic N) is 1. The van der Waals surface area contributed by atoms with E-state index in [-0.39, 0.29) is 32.4 Å². The second kappa shape index (κ2) is 23.5. The highest BCUT2D eigenvalue weighted by Gasteiger charge is 2.55. The summed E-state index contributed by atoms with van der Waals surface area (Å²) in [5, 5.41) is 59.9. The molecule has 3 fully saturated rings. The number of rotatable bonds is 15. The Hall–Kier alpha value is -4.30. The average molecular weight is 979 g/mol.